The van der Waals surface area contributed by atoms with E-state index in [1.54, 1.807) is 0 Å². The van der Waals surface area contributed by atoms with Crippen molar-refractivity contribution in [2.45, 2.75) is 18.0 Å². The van der Waals surface area contributed by atoms with Crippen LogP contribution in [-0.4, -0.2) is 38.0 Å². The summed E-state index contributed by atoms with van der Waals surface area (Å²) in [5, 5.41) is 11.4. The fourth-order valence-electron chi connectivity index (χ4n) is 4.61. The van der Waals surface area contributed by atoms with E-state index in [0.717, 1.165) is 47.2 Å². The maximum absolute atomic E-state index is 13.3. The number of amides is 1. The average Bonchev–Trinajstić information content (AvgIpc) is 3.51. The number of aromatic amines is 1. The van der Waals surface area contributed by atoms with Crippen molar-refractivity contribution < 1.29 is 4.79 Å². The molecule has 1 N–H and O–H groups in total. The summed E-state index contributed by atoms with van der Waals surface area (Å²) < 4.78 is 1.99. The fraction of sp³-hybridized carbons (Fsp3) is 0.148. The van der Waals surface area contributed by atoms with Crippen molar-refractivity contribution in [2.75, 3.05) is 17.2 Å². The third-order valence-corrected chi connectivity index (χ3v) is 7.45. The summed E-state index contributed by atoms with van der Waals surface area (Å²) in [5.41, 5.74) is 5.11. The van der Waals surface area contributed by atoms with Crippen LogP contribution in [0.1, 0.15) is 12.0 Å². The number of halogens is 1. The Morgan fingerprint density at radius 2 is 1.80 bits per heavy atom. The molecule has 0 spiro atoms. The summed E-state index contributed by atoms with van der Waals surface area (Å²) in [6.07, 6.45) is 3.93. The van der Waals surface area contributed by atoms with Gasteiger partial charge in [-0.05, 0) is 54.8 Å². The molecule has 2 aromatic heterocycles. The normalized spacial score (nSPS) is 13.2. The number of fused-ring (bicyclic) bond motifs is 2. The molecular weight excluding hydrogens is 478 g/mol. The lowest BCUT2D eigenvalue weighted by atomic mass is 10.0. The van der Waals surface area contributed by atoms with Crippen LogP contribution in [0.15, 0.2) is 84.1 Å². The highest BCUT2D eigenvalue weighted by molar-refractivity contribution is 7.99. The third kappa shape index (κ3) is 4.11. The van der Waals surface area contributed by atoms with E-state index in [-0.39, 0.29) is 11.7 Å². The summed E-state index contributed by atoms with van der Waals surface area (Å²) in [7, 11) is 0. The van der Waals surface area contributed by atoms with Crippen molar-refractivity contribution in [1.29, 1.82) is 0 Å². The van der Waals surface area contributed by atoms with Crippen molar-refractivity contribution in [3.05, 3.63) is 89.6 Å². The van der Waals surface area contributed by atoms with Crippen LogP contribution in [-0.2, 0) is 11.2 Å². The molecule has 3 heterocycles. The number of anilines is 1. The van der Waals surface area contributed by atoms with Gasteiger partial charge in [0, 0.05) is 45.6 Å². The molecule has 1 amide bonds. The topological polar surface area (TPSA) is 66.8 Å². The monoisotopic (exact) mass is 499 g/mol. The molecule has 8 heteroatoms. The van der Waals surface area contributed by atoms with Crippen molar-refractivity contribution in [3.8, 4) is 17.1 Å². The Balaban J connectivity index is 1.35. The van der Waals surface area contributed by atoms with E-state index in [0.29, 0.717) is 16.0 Å². The number of H-pyrrole nitrogens is 1. The van der Waals surface area contributed by atoms with Crippen molar-refractivity contribution in [2.24, 2.45) is 0 Å². The summed E-state index contributed by atoms with van der Waals surface area (Å²) in [6.45, 7) is 0.737. The first-order chi connectivity index (χ1) is 17.2. The fourth-order valence-corrected chi connectivity index (χ4v) is 5.57. The van der Waals surface area contributed by atoms with Gasteiger partial charge in [-0.3, -0.25) is 9.36 Å². The SMILES string of the molecule is O=C(CSc1nnc(-c2c[nH]c3ccccc23)n1-c1ccc(Cl)cc1)N1CCCc2ccccc21. The van der Waals surface area contributed by atoms with Crippen molar-refractivity contribution >= 4 is 45.9 Å². The van der Waals surface area contributed by atoms with E-state index in [9.17, 15) is 4.79 Å². The Labute approximate surface area is 211 Å². The molecule has 0 saturated carbocycles. The number of hydrogen-bond acceptors (Lipinski definition) is 4. The van der Waals surface area contributed by atoms with Gasteiger partial charge in [-0.1, -0.05) is 59.8 Å². The highest BCUT2D eigenvalue weighted by atomic mass is 35.5. The number of nitrogens with zero attached hydrogens (tertiary/aromatic N) is 4. The highest BCUT2D eigenvalue weighted by Gasteiger charge is 2.24. The van der Waals surface area contributed by atoms with Gasteiger partial charge in [0.15, 0.2) is 11.0 Å². The molecule has 35 heavy (non-hydrogen) atoms. The lowest BCUT2D eigenvalue weighted by Gasteiger charge is -2.29. The summed E-state index contributed by atoms with van der Waals surface area (Å²) >= 11 is 7.56. The molecule has 6 nitrogen and oxygen atoms in total. The quantitative estimate of drug-likeness (QED) is 0.295. The minimum Gasteiger partial charge on any atom is -0.360 e. The Morgan fingerprint density at radius 3 is 2.69 bits per heavy atom. The van der Waals surface area contributed by atoms with Crippen LogP contribution in [0.25, 0.3) is 28.0 Å². The minimum atomic E-state index is 0.0708. The standard InChI is InChI=1S/C27H22ClN5OS/c28-19-11-13-20(14-12-19)33-26(22-16-29-23-9-3-2-8-21(22)23)30-31-27(33)35-17-25(34)32-15-5-7-18-6-1-4-10-24(18)32/h1-4,6,8-14,16,29H,5,7,15,17H2. The first kappa shape index (κ1) is 21.9. The van der Waals surface area contributed by atoms with Crippen LogP contribution in [0.2, 0.25) is 5.02 Å². The van der Waals surface area contributed by atoms with Gasteiger partial charge in [0.05, 0.1) is 5.75 Å². The number of nitrogens with one attached hydrogen (secondary N) is 1. The van der Waals surface area contributed by atoms with Gasteiger partial charge >= 0.3 is 0 Å². The number of rotatable bonds is 5. The third-order valence-electron chi connectivity index (χ3n) is 6.28. The van der Waals surface area contributed by atoms with Crippen LogP contribution in [0.3, 0.4) is 0 Å². The molecule has 1 aliphatic heterocycles. The lowest BCUT2D eigenvalue weighted by molar-refractivity contribution is -0.116. The number of benzene rings is 3. The smallest absolute Gasteiger partial charge is 0.237 e. The second kappa shape index (κ2) is 9.24. The second-order valence-corrected chi connectivity index (χ2v) is 9.81. The molecule has 174 valence electrons. The summed E-state index contributed by atoms with van der Waals surface area (Å²) in [5.74, 6) is 1.05. The zero-order valence-corrected chi connectivity index (χ0v) is 20.4. The van der Waals surface area contributed by atoms with Crippen LogP contribution in [0.4, 0.5) is 5.69 Å². The van der Waals surface area contributed by atoms with Gasteiger partial charge in [-0.2, -0.15) is 0 Å². The molecule has 0 saturated heterocycles. The van der Waals surface area contributed by atoms with Crippen LogP contribution < -0.4 is 4.90 Å². The number of thioether (sulfide) groups is 1. The predicted octanol–water partition coefficient (Wildman–Crippen LogP) is 6.14. The molecule has 1 aliphatic rings. The average molecular weight is 500 g/mol. The Kier molecular flexibility index (Phi) is 5.80. The first-order valence-corrected chi connectivity index (χ1v) is 12.8. The molecule has 0 radical (unpaired) electrons. The molecule has 0 fully saturated rings. The Hall–Kier alpha value is -3.55. The van der Waals surface area contributed by atoms with E-state index < -0.39 is 0 Å². The van der Waals surface area contributed by atoms with E-state index in [4.69, 9.17) is 11.6 Å². The maximum atomic E-state index is 13.3. The van der Waals surface area contributed by atoms with Crippen LogP contribution in [0.5, 0.6) is 0 Å². The molecular formula is C27H22ClN5OS. The predicted molar refractivity (Wildman–Crippen MR) is 142 cm³/mol. The Morgan fingerprint density at radius 1 is 1.00 bits per heavy atom. The van der Waals surface area contributed by atoms with Gasteiger partial charge in [0.2, 0.25) is 5.91 Å². The zero-order valence-electron chi connectivity index (χ0n) is 18.8. The Bertz CT molecular complexity index is 1520. The van der Waals surface area contributed by atoms with Crippen LogP contribution >= 0.6 is 23.4 Å². The number of carbonyl (C=O) groups excluding carboxylic acids is 1. The summed E-state index contributed by atoms with van der Waals surface area (Å²) in [6, 6.07) is 23.8. The molecule has 0 unspecified atom stereocenters. The maximum Gasteiger partial charge on any atom is 0.237 e. The second-order valence-electron chi connectivity index (χ2n) is 8.43. The van der Waals surface area contributed by atoms with E-state index in [1.165, 1.54) is 17.3 Å². The number of aromatic nitrogens is 4. The molecule has 6 rings (SSSR count). The molecule has 5 aromatic rings. The molecule has 0 bridgehead atoms. The van der Waals surface area contributed by atoms with E-state index in [1.807, 2.05) is 76.3 Å². The number of hydrogen-bond donors (Lipinski definition) is 1. The minimum absolute atomic E-state index is 0.0708. The molecule has 0 aliphatic carbocycles. The number of aryl methyl sites for hydroxylation is 1. The summed E-state index contributed by atoms with van der Waals surface area (Å²) in [4.78, 5) is 18.5. The first-order valence-electron chi connectivity index (χ1n) is 11.5. The zero-order chi connectivity index (χ0) is 23.8. The van der Waals surface area contributed by atoms with Crippen molar-refractivity contribution in [3.63, 3.8) is 0 Å². The van der Waals surface area contributed by atoms with Gasteiger partial charge in [0.1, 0.15) is 0 Å². The van der Waals surface area contributed by atoms with E-state index in [2.05, 4.69) is 27.3 Å². The largest absolute Gasteiger partial charge is 0.360 e. The van der Waals surface area contributed by atoms with Crippen LogP contribution in [0, 0.1) is 0 Å². The molecule has 3 aromatic carbocycles. The molecule has 0 atom stereocenters. The van der Waals surface area contributed by atoms with Gasteiger partial charge in [0.25, 0.3) is 0 Å². The lowest BCUT2D eigenvalue weighted by Crippen LogP contribution is -2.36. The highest BCUT2D eigenvalue weighted by Crippen LogP contribution is 2.33. The van der Waals surface area contributed by atoms with Gasteiger partial charge in [-0.15, -0.1) is 10.2 Å². The van der Waals surface area contributed by atoms with Gasteiger partial charge < -0.3 is 9.88 Å². The number of carbonyl (C=O) groups is 1. The van der Waals surface area contributed by atoms with E-state index >= 15 is 0 Å². The van der Waals surface area contributed by atoms with Gasteiger partial charge in [-0.25, -0.2) is 0 Å². The number of para-hydroxylation sites is 2. The van der Waals surface area contributed by atoms with Crippen molar-refractivity contribution in [1.82, 2.24) is 19.7 Å².